The number of aromatic nitrogens is 2. The van der Waals surface area contributed by atoms with Crippen LogP contribution in [0.5, 0.6) is 0 Å². The Morgan fingerprint density at radius 2 is 1.83 bits per heavy atom. The molecule has 6 nitrogen and oxygen atoms in total. The van der Waals surface area contributed by atoms with Crippen LogP contribution in [0.15, 0.2) is 36.7 Å². The second-order valence-electron chi connectivity index (χ2n) is 7.88. The molecule has 0 N–H and O–H groups in total. The van der Waals surface area contributed by atoms with Gasteiger partial charge < -0.3 is 4.90 Å². The molecular formula is C21H24N4O2S2. The molecule has 2 aliphatic heterocycles. The number of fused-ring (bicyclic) bond motifs is 1. The van der Waals surface area contributed by atoms with Crippen LogP contribution in [-0.2, 0) is 9.84 Å². The first-order chi connectivity index (χ1) is 14.0. The van der Waals surface area contributed by atoms with Gasteiger partial charge in [-0.1, -0.05) is 30.3 Å². The molecule has 4 heterocycles. The Morgan fingerprint density at radius 3 is 2.52 bits per heavy atom. The van der Waals surface area contributed by atoms with Crippen LogP contribution in [0.4, 0.5) is 5.82 Å². The van der Waals surface area contributed by atoms with E-state index in [1.807, 2.05) is 6.07 Å². The molecule has 0 saturated carbocycles. The van der Waals surface area contributed by atoms with Crippen molar-refractivity contribution < 1.29 is 8.42 Å². The van der Waals surface area contributed by atoms with Gasteiger partial charge in [-0.25, -0.2) is 18.4 Å². The minimum Gasteiger partial charge on any atom is -0.353 e. The Kier molecular flexibility index (Phi) is 4.80. The smallest absolute Gasteiger partial charge is 0.151 e. The van der Waals surface area contributed by atoms with Gasteiger partial charge in [0.25, 0.3) is 0 Å². The van der Waals surface area contributed by atoms with E-state index in [1.165, 1.54) is 16.0 Å². The van der Waals surface area contributed by atoms with Gasteiger partial charge in [-0.05, 0) is 24.5 Å². The van der Waals surface area contributed by atoms with Crippen LogP contribution < -0.4 is 4.90 Å². The summed E-state index contributed by atoms with van der Waals surface area (Å²) < 4.78 is 23.6. The summed E-state index contributed by atoms with van der Waals surface area (Å²) in [5.41, 5.74) is 2.45. The highest BCUT2D eigenvalue weighted by Gasteiger charge is 2.34. The summed E-state index contributed by atoms with van der Waals surface area (Å²) in [6, 6.07) is 10.6. The van der Waals surface area contributed by atoms with Crippen LogP contribution in [0.25, 0.3) is 20.7 Å². The zero-order valence-electron chi connectivity index (χ0n) is 16.4. The van der Waals surface area contributed by atoms with E-state index in [0.717, 1.165) is 48.6 Å². The Bertz CT molecular complexity index is 1140. The second-order valence-corrected chi connectivity index (χ2v) is 11.1. The van der Waals surface area contributed by atoms with Crippen molar-refractivity contribution in [3.05, 3.63) is 42.2 Å². The summed E-state index contributed by atoms with van der Waals surface area (Å²) in [5, 5.41) is 1.15. The van der Waals surface area contributed by atoms with Crippen LogP contribution in [0.1, 0.15) is 12.0 Å². The summed E-state index contributed by atoms with van der Waals surface area (Å²) in [4.78, 5) is 16.1. The average Bonchev–Trinajstić information content (AvgIpc) is 3.28. The molecule has 0 bridgehead atoms. The normalized spacial score (nSPS) is 22.4. The van der Waals surface area contributed by atoms with Crippen LogP contribution in [-0.4, -0.2) is 67.0 Å². The van der Waals surface area contributed by atoms with E-state index in [1.54, 1.807) is 17.7 Å². The molecule has 0 spiro atoms. The molecule has 2 aromatic heterocycles. The van der Waals surface area contributed by atoms with E-state index in [-0.39, 0.29) is 6.04 Å². The molecule has 5 rings (SSSR count). The van der Waals surface area contributed by atoms with E-state index in [0.29, 0.717) is 11.5 Å². The first-order valence-corrected chi connectivity index (χ1v) is 12.6. The highest BCUT2D eigenvalue weighted by molar-refractivity contribution is 7.91. The Balaban J connectivity index is 1.41. The van der Waals surface area contributed by atoms with Gasteiger partial charge in [0.05, 0.1) is 16.9 Å². The average molecular weight is 429 g/mol. The maximum absolute atomic E-state index is 11.8. The van der Waals surface area contributed by atoms with Crippen LogP contribution >= 0.6 is 11.3 Å². The topological polar surface area (TPSA) is 66.4 Å². The van der Waals surface area contributed by atoms with E-state index in [4.69, 9.17) is 0 Å². The monoisotopic (exact) mass is 428 g/mol. The molecule has 2 saturated heterocycles. The lowest BCUT2D eigenvalue weighted by Gasteiger charge is -2.38. The Morgan fingerprint density at radius 1 is 1.07 bits per heavy atom. The Labute approximate surface area is 175 Å². The van der Waals surface area contributed by atoms with Crippen molar-refractivity contribution in [1.82, 2.24) is 14.9 Å². The molecule has 29 heavy (non-hydrogen) atoms. The van der Waals surface area contributed by atoms with Gasteiger partial charge in [0.15, 0.2) is 9.84 Å². The van der Waals surface area contributed by atoms with Crippen molar-refractivity contribution >= 4 is 37.2 Å². The summed E-state index contributed by atoms with van der Waals surface area (Å²) >= 11 is 1.72. The number of thiophene rings is 1. The zero-order chi connectivity index (χ0) is 20.0. The zero-order valence-corrected chi connectivity index (χ0v) is 18.0. The predicted molar refractivity (Wildman–Crippen MR) is 118 cm³/mol. The van der Waals surface area contributed by atoms with E-state index < -0.39 is 9.84 Å². The van der Waals surface area contributed by atoms with E-state index in [2.05, 4.69) is 51.0 Å². The van der Waals surface area contributed by atoms with Gasteiger partial charge in [0, 0.05) is 37.1 Å². The molecule has 2 aliphatic rings. The second kappa shape index (κ2) is 7.34. The number of nitrogens with zero attached hydrogens (tertiary/aromatic N) is 4. The first kappa shape index (κ1) is 19.0. The van der Waals surface area contributed by atoms with Crippen molar-refractivity contribution in [1.29, 1.82) is 0 Å². The lowest BCUT2D eigenvalue weighted by Crippen LogP contribution is -2.51. The Hall–Kier alpha value is -2.03. The van der Waals surface area contributed by atoms with E-state index >= 15 is 0 Å². The van der Waals surface area contributed by atoms with Crippen molar-refractivity contribution in [3.63, 3.8) is 0 Å². The fourth-order valence-corrected chi connectivity index (χ4v) is 7.43. The van der Waals surface area contributed by atoms with Crippen molar-refractivity contribution in [2.75, 3.05) is 42.6 Å². The number of anilines is 1. The van der Waals surface area contributed by atoms with Gasteiger partial charge in [-0.15, -0.1) is 11.3 Å². The number of hydrogen-bond acceptors (Lipinski definition) is 7. The number of sulfone groups is 1. The summed E-state index contributed by atoms with van der Waals surface area (Å²) in [7, 11) is -2.84. The first-order valence-electron chi connectivity index (χ1n) is 10.0. The minimum atomic E-state index is -2.84. The third kappa shape index (κ3) is 3.53. The van der Waals surface area contributed by atoms with Crippen molar-refractivity contribution in [2.45, 2.75) is 19.4 Å². The molecular weight excluding hydrogens is 404 g/mol. The predicted octanol–water partition coefficient (Wildman–Crippen LogP) is 2.98. The van der Waals surface area contributed by atoms with Gasteiger partial charge in [-0.3, -0.25) is 4.90 Å². The number of hydrogen-bond donors (Lipinski definition) is 0. The number of piperazine rings is 1. The minimum absolute atomic E-state index is 0.181. The number of benzene rings is 1. The molecule has 0 radical (unpaired) electrons. The summed E-state index contributed by atoms with van der Waals surface area (Å²) in [6.07, 6.45) is 2.43. The fraction of sp³-hybridized carbons (Fsp3) is 0.429. The van der Waals surface area contributed by atoms with Crippen LogP contribution in [0, 0.1) is 6.92 Å². The lowest BCUT2D eigenvalue weighted by atomic mass is 10.1. The summed E-state index contributed by atoms with van der Waals surface area (Å²) in [5.74, 6) is 1.65. The van der Waals surface area contributed by atoms with Gasteiger partial charge in [-0.2, -0.15) is 0 Å². The summed E-state index contributed by atoms with van der Waals surface area (Å²) in [6.45, 7) is 5.63. The molecule has 0 amide bonds. The number of rotatable bonds is 3. The molecule has 2 fully saturated rings. The highest BCUT2D eigenvalue weighted by Crippen LogP contribution is 2.40. The molecule has 152 valence electrons. The molecule has 1 atom stereocenters. The van der Waals surface area contributed by atoms with Crippen molar-refractivity contribution in [3.8, 4) is 10.4 Å². The molecule has 8 heteroatoms. The fourth-order valence-electron chi connectivity index (χ4n) is 4.52. The van der Waals surface area contributed by atoms with Gasteiger partial charge >= 0.3 is 0 Å². The largest absolute Gasteiger partial charge is 0.353 e. The SMILES string of the molecule is Cc1c(-c2ccccc2)sc2ncnc(N3CCN([C@H]4CCS(=O)(=O)C4)CC3)c12. The molecule has 0 unspecified atom stereocenters. The molecule has 0 aliphatic carbocycles. The van der Waals surface area contributed by atoms with Crippen LogP contribution in [0.3, 0.4) is 0 Å². The van der Waals surface area contributed by atoms with E-state index in [9.17, 15) is 8.42 Å². The quantitative estimate of drug-likeness (QED) is 0.639. The van der Waals surface area contributed by atoms with Gasteiger partial charge in [0.2, 0.25) is 0 Å². The highest BCUT2D eigenvalue weighted by atomic mass is 32.2. The third-order valence-corrected chi connectivity index (χ3v) is 9.08. The van der Waals surface area contributed by atoms with Crippen LogP contribution in [0.2, 0.25) is 0 Å². The maximum atomic E-state index is 11.8. The molecule has 1 aromatic carbocycles. The van der Waals surface area contributed by atoms with Crippen molar-refractivity contribution in [2.24, 2.45) is 0 Å². The van der Waals surface area contributed by atoms with Gasteiger partial charge in [0.1, 0.15) is 17.0 Å². The lowest BCUT2D eigenvalue weighted by molar-refractivity contribution is 0.200. The third-order valence-electron chi connectivity index (χ3n) is 6.08. The number of aryl methyl sites for hydroxylation is 1. The molecule has 3 aromatic rings. The maximum Gasteiger partial charge on any atom is 0.151 e. The standard InChI is InChI=1S/C21H24N4O2S2/c1-15-18-20(22-14-23-21(18)28-19(15)16-5-3-2-4-6-16)25-10-8-24(9-11-25)17-7-12-29(26,27)13-17/h2-6,14,17H,7-13H2,1H3/t17-/m0/s1.